The Hall–Kier alpha value is -2.80. The highest BCUT2D eigenvalue weighted by molar-refractivity contribution is 5.85. The normalized spacial score (nSPS) is 13.2. The molecule has 1 N–H and O–H groups in total. The quantitative estimate of drug-likeness (QED) is 0.919. The van der Waals surface area contributed by atoms with Gasteiger partial charge in [-0.3, -0.25) is 5.32 Å². The molecule has 1 aliphatic rings. The van der Waals surface area contributed by atoms with Crippen LogP contribution in [0.3, 0.4) is 0 Å². The number of rotatable bonds is 4. The van der Waals surface area contributed by atoms with Crippen molar-refractivity contribution in [1.29, 1.82) is 5.26 Å². The summed E-state index contributed by atoms with van der Waals surface area (Å²) in [6.07, 6.45) is 1.72. The van der Waals surface area contributed by atoms with Gasteiger partial charge in [-0.2, -0.15) is 5.26 Å². The summed E-state index contributed by atoms with van der Waals surface area (Å²) in [7, 11) is 0. The van der Waals surface area contributed by atoms with E-state index in [1.807, 2.05) is 36.4 Å². The van der Waals surface area contributed by atoms with E-state index < -0.39 is 6.09 Å². The zero-order valence-electron chi connectivity index (χ0n) is 12.1. The number of nitrogens with zero attached hydrogens (tertiary/aromatic N) is 1. The fourth-order valence-corrected chi connectivity index (χ4v) is 2.35. The molecular formula is C18H16N2O2. The minimum Gasteiger partial charge on any atom is -0.444 e. The van der Waals surface area contributed by atoms with Crippen LogP contribution < -0.4 is 5.32 Å². The first kappa shape index (κ1) is 14.2. The number of benzene rings is 2. The van der Waals surface area contributed by atoms with Gasteiger partial charge in [0.05, 0.1) is 11.6 Å². The van der Waals surface area contributed by atoms with Crippen molar-refractivity contribution < 1.29 is 9.53 Å². The average molecular weight is 292 g/mol. The van der Waals surface area contributed by atoms with Crippen LogP contribution in [-0.4, -0.2) is 6.09 Å². The van der Waals surface area contributed by atoms with Crippen molar-refractivity contribution in [2.24, 2.45) is 0 Å². The zero-order chi connectivity index (χ0) is 15.4. The molecule has 0 atom stereocenters. The molecule has 4 heteroatoms. The number of hydrogen-bond donors (Lipinski definition) is 1. The topological polar surface area (TPSA) is 62.1 Å². The Morgan fingerprint density at radius 1 is 1.23 bits per heavy atom. The van der Waals surface area contributed by atoms with Crippen molar-refractivity contribution in [2.45, 2.75) is 25.4 Å². The van der Waals surface area contributed by atoms with Gasteiger partial charge in [-0.25, -0.2) is 4.79 Å². The van der Waals surface area contributed by atoms with Crippen LogP contribution in [0.2, 0.25) is 0 Å². The molecule has 0 radical (unpaired) electrons. The van der Waals surface area contributed by atoms with Gasteiger partial charge in [0, 0.05) is 5.69 Å². The lowest BCUT2D eigenvalue weighted by atomic mass is 10.0. The minimum atomic E-state index is -0.490. The number of amides is 1. The molecule has 0 unspecified atom stereocenters. The highest BCUT2D eigenvalue weighted by Gasteiger charge is 2.26. The van der Waals surface area contributed by atoms with Gasteiger partial charge in [-0.15, -0.1) is 0 Å². The Balaban J connectivity index is 1.62. The third-order valence-corrected chi connectivity index (χ3v) is 3.65. The number of hydrogen-bond acceptors (Lipinski definition) is 3. The molecule has 0 aromatic heterocycles. The highest BCUT2D eigenvalue weighted by Crippen LogP contribution is 2.42. The van der Waals surface area contributed by atoms with Gasteiger partial charge in [-0.05, 0) is 48.1 Å². The Bertz CT molecular complexity index is 716. The summed E-state index contributed by atoms with van der Waals surface area (Å²) >= 11 is 0. The van der Waals surface area contributed by atoms with Crippen molar-refractivity contribution in [1.82, 2.24) is 0 Å². The van der Waals surface area contributed by atoms with E-state index in [0.717, 1.165) is 24.0 Å². The summed E-state index contributed by atoms with van der Waals surface area (Å²) in [4.78, 5) is 11.8. The van der Waals surface area contributed by atoms with E-state index in [2.05, 4.69) is 11.4 Å². The van der Waals surface area contributed by atoms with Gasteiger partial charge < -0.3 is 4.74 Å². The standard InChI is InChI=1S/C18H16N2O2/c19-11-15-8-9-16(10-17(15)14-6-7-14)20-18(21)22-12-13-4-2-1-3-5-13/h1-5,8-10,14H,6-7,12H2,(H,20,21). The molecule has 1 amide bonds. The third kappa shape index (κ3) is 3.44. The largest absolute Gasteiger partial charge is 0.444 e. The predicted octanol–water partition coefficient (Wildman–Crippen LogP) is 4.18. The number of carbonyl (C=O) groups is 1. The van der Waals surface area contributed by atoms with Crippen molar-refractivity contribution in [3.8, 4) is 6.07 Å². The Kier molecular flexibility index (Phi) is 4.06. The monoisotopic (exact) mass is 292 g/mol. The summed E-state index contributed by atoms with van der Waals surface area (Å²) < 4.78 is 5.19. The van der Waals surface area contributed by atoms with Gasteiger partial charge in [-0.1, -0.05) is 30.3 Å². The predicted molar refractivity (Wildman–Crippen MR) is 83.4 cm³/mol. The summed E-state index contributed by atoms with van der Waals surface area (Å²) in [5.41, 5.74) is 3.31. The summed E-state index contributed by atoms with van der Waals surface area (Å²) in [6, 6.07) is 17.1. The summed E-state index contributed by atoms with van der Waals surface area (Å²) in [6.45, 7) is 0.235. The first-order valence-electron chi connectivity index (χ1n) is 7.28. The van der Waals surface area contributed by atoms with E-state index in [1.54, 1.807) is 12.1 Å². The van der Waals surface area contributed by atoms with E-state index >= 15 is 0 Å². The van der Waals surface area contributed by atoms with Crippen LogP contribution in [0, 0.1) is 11.3 Å². The van der Waals surface area contributed by atoms with Gasteiger partial charge in [0.25, 0.3) is 0 Å². The van der Waals surface area contributed by atoms with Gasteiger partial charge >= 0.3 is 6.09 Å². The van der Waals surface area contributed by atoms with Gasteiger partial charge in [0.15, 0.2) is 0 Å². The zero-order valence-corrected chi connectivity index (χ0v) is 12.1. The summed E-state index contributed by atoms with van der Waals surface area (Å²) in [5.74, 6) is 0.455. The molecular weight excluding hydrogens is 276 g/mol. The van der Waals surface area contributed by atoms with Crippen LogP contribution in [0.4, 0.5) is 10.5 Å². The van der Waals surface area contributed by atoms with Crippen LogP contribution in [-0.2, 0) is 11.3 Å². The maximum absolute atomic E-state index is 11.8. The van der Waals surface area contributed by atoms with Crippen LogP contribution in [0.1, 0.15) is 35.4 Å². The van der Waals surface area contributed by atoms with Gasteiger partial charge in [0.2, 0.25) is 0 Å². The second-order valence-corrected chi connectivity index (χ2v) is 5.37. The van der Waals surface area contributed by atoms with E-state index in [1.165, 1.54) is 0 Å². The van der Waals surface area contributed by atoms with Crippen LogP contribution in [0.15, 0.2) is 48.5 Å². The Morgan fingerprint density at radius 3 is 2.68 bits per heavy atom. The van der Waals surface area contributed by atoms with E-state index in [9.17, 15) is 4.79 Å². The molecule has 0 bridgehead atoms. The number of carbonyl (C=O) groups excluding carboxylic acids is 1. The van der Waals surface area contributed by atoms with Crippen molar-refractivity contribution >= 4 is 11.8 Å². The third-order valence-electron chi connectivity index (χ3n) is 3.65. The molecule has 1 fully saturated rings. The van der Waals surface area contributed by atoms with Crippen LogP contribution in [0.5, 0.6) is 0 Å². The maximum Gasteiger partial charge on any atom is 0.411 e. The first-order valence-corrected chi connectivity index (χ1v) is 7.28. The fourth-order valence-electron chi connectivity index (χ4n) is 2.35. The minimum absolute atomic E-state index is 0.235. The number of nitriles is 1. The molecule has 1 aliphatic carbocycles. The number of anilines is 1. The molecule has 3 rings (SSSR count). The smallest absolute Gasteiger partial charge is 0.411 e. The molecule has 4 nitrogen and oxygen atoms in total. The average Bonchev–Trinajstić information content (AvgIpc) is 3.39. The molecule has 110 valence electrons. The van der Waals surface area contributed by atoms with Crippen molar-refractivity contribution in [3.05, 3.63) is 65.2 Å². The molecule has 0 spiro atoms. The van der Waals surface area contributed by atoms with E-state index in [-0.39, 0.29) is 6.61 Å². The van der Waals surface area contributed by atoms with Gasteiger partial charge in [0.1, 0.15) is 6.61 Å². The first-order chi connectivity index (χ1) is 10.8. The van der Waals surface area contributed by atoms with E-state index in [0.29, 0.717) is 17.2 Å². The second kappa shape index (κ2) is 6.31. The molecule has 22 heavy (non-hydrogen) atoms. The molecule has 1 saturated carbocycles. The summed E-state index contributed by atoms with van der Waals surface area (Å²) in [5, 5.41) is 11.8. The molecule has 0 aliphatic heterocycles. The highest BCUT2D eigenvalue weighted by atomic mass is 16.5. The maximum atomic E-state index is 11.8. The Morgan fingerprint density at radius 2 is 2.00 bits per heavy atom. The van der Waals surface area contributed by atoms with Crippen LogP contribution >= 0.6 is 0 Å². The fraction of sp³-hybridized carbons (Fsp3) is 0.222. The second-order valence-electron chi connectivity index (χ2n) is 5.37. The Labute approximate surface area is 129 Å². The molecule has 0 saturated heterocycles. The van der Waals surface area contributed by atoms with Crippen molar-refractivity contribution in [3.63, 3.8) is 0 Å². The molecule has 2 aromatic carbocycles. The lowest BCUT2D eigenvalue weighted by Crippen LogP contribution is -2.13. The lowest BCUT2D eigenvalue weighted by molar-refractivity contribution is 0.155. The SMILES string of the molecule is N#Cc1ccc(NC(=O)OCc2ccccc2)cc1C1CC1. The molecule has 2 aromatic rings. The van der Waals surface area contributed by atoms with E-state index in [4.69, 9.17) is 10.00 Å². The molecule has 0 heterocycles. The van der Waals surface area contributed by atoms with Crippen molar-refractivity contribution in [2.75, 3.05) is 5.32 Å². The lowest BCUT2D eigenvalue weighted by Gasteiger charge is -2.09. The number of nitrogens with one attached hydrogen (secondary N) is 1. The number of ether oxygens (including phenoxy) is 1. The van der Waals surface area contributed by atoms with Crippen LogP contribution in [0.25, 0.3) is 0 Å².